The fourth-order valence-corrected chi connectivity index (χ4v) is 5.43. The first-order valence-electron chi connectivity index (χ1n) is 11.2. The molecule has 0 spiro atoms. The molecule has 0 radical (unpaired) electrons. The third-order valence-electron chi connectivity index (χ3n) is 6.84. The van der Waals surface area contributed by atoms with E-state index in [9.17, 15) is 4.79 Å². The number of piperidine rings is 1. The van der Waals surface area contributed by atoms with Crippen molar-refractivity contribution in [2.45, 2.75) is 44.4 Å². The molecule has 1 fully saturated rings. The van der Waals surface area contributed by atoms with E-state index in [2.05, 4.69) is 28.2 Å². The highest BCUT2D eigenvalue weighted by Crippen LogP contribution is 2.42. The van der Waals surface area contributed by atoms with Gasteiger partial charge in [-0.05, 0) is 72.9 Å². The zero-order valence-electron chi connectivity index (χ0n) is 17.6. The third kappa shape index (κ3) is 4.24. The van der Waals surface area contributed by atoms with Crippen LogP contribution in [0.2, 0.25) is 5.02 Å². The molecule has 2 aliphatic rings. The van der Waals surface area contributed by atoms with Gasteiger partial charge in [-0.2, -0.15) is 0 Å². The molecule has 0 bridgehead atoms. The molecule has 3 aromatic rings. The van der Waals surface area contributed by atoms with Gasteiger partial charge in [-0.15, -0.1) is 0 Å². The number of benzene rings is 1. The summed E-state index contributed by atoms with van der Waals surface area (Å²) in [6, 6.07) is 10.6. The number of imidazole rings is 1. The predicted octanol–water partition coefficient (Wildman–Crippen LogP) is 4.56. The van der Waals surface area contributed by atoms with Crippen LogP contribution in [0.5, 0.6) is 0 Å². The van der Waals surface area contributed by atoms with Crippen molar-refractivity contribution >= 4 is 17.5 Å². The largest absolute Gasteiger partial charge is 0.351 e. The van der Waals surface area contributed by atoms with Crippen LogP contribution in [0.1, 0.15) is 53.3 Å². The lowest BCUT2D eigenvalue weighted by atomic mass is 9.76. The summed E-state index contributed by atoms with van der Waals surface area (Å²) in [5.41, 5.74) is 6.21. The summed E-state index contributed by atoms with van der Waals surface area (Å²) in [4.78, 5) is 26.8. The minimum absolute atomic E-state index is 0.230. The van der Waals surface area contributed by atoms with Crippen LogP contribution < -0.4 is 0 Å². The number of rotatable bonds is 4. The Morgan fingerprint density at radius 1 is 1.13 bits per heavy atom. The monoisotopic (exact) mass is 434 g/mol. The van der Waals surface area contributed by atoms with Gasteiger partial charge in [-0.25, -0.2) is 4.98 Å². The standard InChI is InChI=1S/C25H27ClN4O/c26-20-5-7-22-19(14-20)4-3-18-2-1-11-28-25(18)24(22)17-9-12-30(13-10-17)23(31)8-6-21-15-27-16-29-21/h1-2,5,7,11,14-17,24H,3-4,6,8-10,12-13H2,(H,27,29). The van der Waals surface area contributed by atoms with E-state index in [0.717, 1.165) is 49.5 Å². The smallest absolute Gasteiger partial charge is 0.222 e. The Bertz CT molecular complexity index is 1060. The molecule has 2 aromatic heterocycles. The molecule has 1 aliphatic heterocycles. The van der Waals surface area contributed by atoms with Crippen molar-refractivity contribution in [3.63, 3.8) is 0 Å². The number of aryl methyl sites for hydroxylation is 3. The minimum atomic E-state index is 0.230. The second-order valence-corrected chi connectivity index (χ2v) is 9.08. The quantitative estimate of drug-likeness (QED) is 0.654. The molecule has 1 N–H and O–H groups in total. The van der Waals surface area contributed by atoms with E-state index in [1.54, 1.807) is 6.33 Å². The molecule has 31 heavy (non-hydrogen) atoms. The van der Waals surface area contributed by atoms with Crippen molar-refractivity contribution in [2.24, 2.45) is 5.92 Å². The molecule has 1 atom stereocenters. The van der Waals surface area contributed by atoms with Crippen LogP contribution in [0.25, 0.3) is 0 Å². The van der Waals surface area contributed by atoms with Crippen molar-refractivity contribution in [1.82, 2.24) is 19.9 Å². The average molecular weight is 435 g/mol. The molecule has 6 heteroatoms. The van der Waals surface area contributed by atoms with Crippen LogP contribution in [-0.4, -0.2) is 38.8 Å². The molecule has 1 amide bonds. The van der Waals surface area contributed by atoms with Crippen LogP contribution in [0.15, 0.2) is 49.1 Å². The van der Waals surface area contributed by atoms with E-state index < -0.39 is 0 Å². The summed E-state index contributed by atoms with van der Waals surface area (Å²) < 4.78 is 0. The Balaban J connectivity index is 1.33. The Kier molecular flexibility index (Phi) is 5.77. The summed E-state index contributed by atoms with van der Waals surface area (Å²) in [7, 11) is 0. The number of carbonyl (C=O) groups excluding carboxylic acids is 1. The van der Waals surface area contributed by atoms with Crippen LogP contribution in [-0.2, 0) is 24.1 Å². The van der Waals surface area contributed by atoms with Gasteiger partial charge in [-0.3, -0.25) is 9.78 Å². The number of hydrogen-bond donors (Lipinski definition) is 1. The van der Waals surface area contributed by atoms with Gasteiger partial charge in [0, 0.05) is 42.8 Å². The molecular weight excluding hydrogens is 408 g/mol. The fourth-order valence-electron chi connectivity index (χ4n) is 5.23. The zero-order valence-corrected chi connectivity index (χ0v) is 18.3. The lowest BCUT2D eigenvalue weighted by Gasteiger charge is -2.37. The molecule has 5 rings (SSSR count). The number of likely N-dealkylation sites (tertiary alicyclic amines) is 1. The van der Waals surface area contributed by atoms with E-state index in [1.165, 1.54) is 22.4 Å². The van der Waals surface area contributed by atoms with Gasteiger partial charge in [0.05, 0.1) is 17.7 Å². The third-order valence-corrected chi connectivity index (χ3v) is 7.07. The molecule has 3 heterocycles. The van der Waals surface area contributed by atoms with Gasteiger partial charge in [-0.1, -0.05) is 23.7 Å². The maximum atomic E-state index is 12.7. The average Bonchev–Trinajstić information content (AvgIpc) is 3.26. The van der Waals surface area contributed by atoms with E-state index >= 15 is 0 Å². The minimum Gasteiger partial charge on any atom is -0.351 e. The highest BCUT2D eigenvalue weighted by molar-refractivity contribution is 6.30. The number of carbonyl (C=O) groups is 1. The van der Waals surface area contributed by atoms with Crippen LogP contribution in [0.3, 0.4) is 0 Å². The summed E-state index contributed by atoms with van der Waals surface area (Å²) in [5, 5.41) is 0.800. The molecule has 1 aliphatic carbocycles. The number of halogens is 1. The number of aromatic amines is 1. The molecule has 5 nitrogen and oxygen atoms in total. The number of hydrogen-bond acceptors (Lipinski definition) is 3. The summed E-state index contributed by atoms with van der Waals surface area (Å²) in [6.45, 7) is 1.62. The SMILES string of the molecule is O=C(CCc1c[nH]cn1)N1CCC(C2c3ccc(Cl)cc3CCc3cccnc32)CC1. The second-order valence-electron chi connectivity index (χ2n) is 8.65. The molecule has 0 saturated carbocycles. The van der Waals surface area contributed by atoms with Crippen molar-refractivity contribution in [2.75, 3.05) is 13.1 Å². The summed E-state index contributed by atoms with van der Waals surface area (Å²) >= 11 is 6.33. The first-order valence-corrected chi connectivity index (χ1v) is 11.5. The lowest BCUT2D eigenvalue weighted by Crippen LogP contribution is -2.40. The summed E-state index contributed by atoms with van der Waals surface area (Å²) in [6.07, 6.45) is 10.6. The van der Waals surface area contributed by atoms with E-state index in [1.807, 2.05) is 29.4 Å². The van der Waals surface area contributed by atoms with Crippen molar-refractivity contribution < 1.29 is 4.79 Å². The Morgan fingerprint density at radius 2 is 1.97 bits per heavy atom. The van der Waals surface area contributed by atoms with Crippen LogP contribution in [0, 0.1) is 5.92 Å². The number of pyridine rings is 1. The van der Waals surface area contributed by atoms with E-state index in [0.29, 0.717) is 18.8 Å². The van der Waals surface area contributed by atoms with Gasteiger partial charge in [0.2, 0.25) is 5.91 Å². The highest BCUT2D eigenvalue weighted by atomic mass is 35.5. The molecular formula is C25H27ClN4O. The van der Waals surface area contributed by atoms with Crippen LogP contribution in [0.4, 0.5) is 0 Å². The maximum absolute atomic E-state index is 12.7. The van der Waals surface area contributed by atoms with Crippen molar-refractivity contribution in [1.29, 1.82) is 0 Å². The molecule has 1 unspecified atom stereocenters. The van der Waals surface area contributed by atoms with Crippen molar-refractivity contribution in [3.05, 3.63) is 82.2 Å². The topological polar surface area (TPSA) is 61.9 Å². The zero-order chi connectivity index (χ0) is 21.2. The highest BCUT2D eigenvalue weighted by Gasteiger charge is 2.34. The van der Waals surface area contributed by atoms with E-state index in [4.69, 9.17) is 16.6 Å². The second kappa shape index (κ2) is 8.83. The number of nitrogens with one attached hydrogen (secondary N) is 1. The maximum Gasteiger partial charge on any atom is 0.222 e. The first kappa shape index (κ1) is 20.3. The number of aromatic nitrogens is 3. The van der Waals surface area contributed by atoms with Gasteiger partial charge in [0.25, 0.3) is 0 Å². The predicted molar refractivity (Wildman–Crippen MR) is 121 cm³/mol. The number of fused-ring (bicyclic) bond motifs is 2. The number of H-pyrrole nitrogens is 1. The normalized spacial score (nSPS) is 18.9. The molecule has 1 saturated heterocycles. The fraction of sp³-hybridized carbons (Fsp3) is 0.400. The lowest BCUT2D eigenvalue weighted by molar-refractivity contribution is -0.132. The van der Waals surface area contributed by atoms with E-state index in [-0.39, 0.29) is 11.8 Å². The van der Waals surface area contributed by atoms with Gasteiger partial charge in [0.15, 0.2) is 0 Å². The Morgan fingerprint density at radius 3 is 2.77 bits per heavy atom. The summed E-state index contributed by atoms with van der Waals surface area (Å²) in [5.74, 6) is 0.974. The van der Waals surface area contributed by atoms with Gasteiger partial charge >= 0.3 is 0 Å². The molecule has 1 aromatic carbocycles. The van der Waals surface area contributed by atoms with Crippen LogP contribution >= 0.6 is 11.6 Å². The Hall–Kier alpha value is -2.66. The number of nitrogens with zero attached hydrogens (tertiary/aromatic N) is 3. The Labute approximate surface area is 187 Å². The first-order chi connectivity index (χ1) is 15.2. The van der Waals surface area contributed by atoms with Gasteiger partial charge in [0.1, 0.15) is 0 Å². The number of amides is 1. The molecule has 160 valence electrons. The van der Waals surface area contributed by atoms with Crippen molar-refractivity contribution in [3.8, 4) is 0 Å². The van der Waals surface area contributed by atoms with Gasteiger partial charge < -0.3 is 9.88 Å².